The maximum Gasteiger partial charge on any atom is 0.150 e. The molecule has 100 valence electrons. The van der Waals surface area contributed by atoms with Gasteiger partial charge in [-0.3, -0.25) is 0 Å². The fourth-order valence-electron chi connectivity index (χ4n) is 1.78. The lowest BCUT2D eigenvalue weighted by atomic mass is 10.3. The van der Waals surface area contributed by atoms with Crippen LogP contribution in [0, 0.1) is 11.8 Å². The van der Waals surface area contributed by atoms with Gasteiger partial charge in [-0.2, -0.15) is 5.10 Å². The van der Waals surface area contributed by atoms with Gasteiger partial charge in [-0.05, 0) is 6.07 Å². The van der Waals surface area contributed by atoms with Crippen LogP contribution in [0.5, 0.6) is 0 Å². The third kappa shape index (κ3) is 3.43. The first kappa shape index (κ1) is 13.8. The van der Waals surface area contributed by atoms with Gasteiger partial charge < -0.3 is 5.11 Å². The molecule has 2 rings (SSSR count). The van der Waals surface area contributed by atoms with Crippen molar-refractivity contribution in [1.29, 1.82) is 0 Å². The van der Waals surface area contributed by atoms with Crippen LogP contribution in [0.1, 0.15) is 35.9 Å². The predicted octanol–water partition coefficient (Wildman–Crippen LogP) is 1.86. The van der Waals surface area contributed by atoms with Crippen LogP contribution in [-0.4, -0.2) is 26.5 Å². The molecule has 0 aliphatic heterocycles. The van der Waals surface area contributed by atoms with Crippen LogP contribution in [-0.2, 0) is 19.4 Å². The van der Waals surface area contributed by atoms with Crippen LogP contribution in [0.2, 0.25) is 0 Å². The molecule has 4 nitrogen and oxygen atoms in total. The van der Waals surface area contributed by atoms with E-state index in [0.717, 1.165) is 36.6 Å². The second-order valence-electron chi connectivity index (χ2n) is 4.07. The van der Waals surface area contributed by atoms with Crippen molar-refractivity contribution in [2.75, 3.05) is 6.61 Å². The number of aryl methyl sites for hydroxylation is 2. The second kappa shape index (κ2) is 6.50. The molecule has 0 amide bonds. The Balaban J connectivity index is 2.16. The Bertz CT molecular complexity index is 604. The van der Waals surface area contributed by atoms with Gasteiger partial charge >= 0.3 is 0 Å². The van der Waals surface area contributed by atoms with E-state index in [9.17, 15) is 0 Å². The molecule has 0 saturated carbocycles. The molecule has 0 spiro atoms. The SMILES string of the molecule is CCc1nc(CC)n(Cc2cc(C#CCO)cs2)n1. The number of rotatable bonds is 4. The van der Waals surface area contributed by atoms with E-state index in [1.54, 1.807) is 11.3 Å². The van der Waals surface area contributed by atoms with Crippen LogP contribution >= 0.6 is 11.3 Å². The summed E-state index contributed by atoms with van der Waals surface area (Å²) in [6.45, 7) is 4.79. The fourth-order valence-corrected chi connectivity index (χ4v) is 2.58. The Morgan fingerprint density at radius 3 is 2.89 bits per heavy atom. The number of thiophene rings is 1. The third-order valence-corrected chi connectivity index (χ3v) is 3.62. The minimum Gasteiger partial charge on any atom is -0.384 e. The van der Waals surface area contributed by atoms with Crippen molar-refractivity contribution >= 4 is 11.3 Å². The van der Waals surface area contributed by atoms with Crippen LogP contribution in [0.4, 0.5) is 0 Å². The van der Waals surface area contributed by atoms with Crippen LogP contribution < -0.4 is 0 Å². The molecule has 0 bridgehead atoms. The molecule has 2 aromatic rings. The lowest BCUT2D eigenvalue weighted by Crippen LogP contribution is -2.05. The number of aliphatic hydroxyl groups excluding tert-OH is 1. The van der Waals surface area contributed by atoms with E-state index in [-0.39, 0.29) is 6.61 Å². The zero-order valence-corrected chi connectivity index (χ0v) is 12.0. The summed E-state index contributed by atoms with van der Waals surface area (Å²) in [5.74, 6) is 7.48. The van der Waals surface area contributed by atoms with E-state index in [1.165, 1.54) is 4.88 Å². The Hall–Kier alpha value is -1.64. The first-order valence-corrected chi connectivity index (χ1v) is 7.24. The summed E-state index contributed by atoms with van der Waals surface area (Å²) < 4.78 is 1.97. The molecule has 0 aliphatic carbocycles. The van der Waals surface area contributed by atoms with Gasteiger partial charge in [0.15, 0.2) is 5.82 Å². The Morgan fingerprint density at radius 1 is 1.37 bits per heavy atom. The molecule has 2 aromatic heterocycles. The lowest BCUT2D eigenvalue weighted by Gasteiger charge is -2.01. The van der Waals surface area contributed by atoms with Gasteiger partial charge in [-0.25, -0.2) is 9.67 Å². The molecule has 19 heavy (non-hydrogen) atoms. The fraction of sp³-hybridized carbons (Fsp3) is 0.429. The standard InChI is InChI=1S/C14H17N3OS/c1-3-13-15-14(4-2)17(16-13)9-12-8-11(10-19-12)6-5-7-18/h8,10,18H,3-4,7,9H2,1-2H3. The molecule has 0 aromatic carbocycles. The molecule has 0 aliphatic rings. The van der Waals surface area contributed by atoms with Crippen molar-refractivity contribution in [3.8, 4) is 11.8 Å². The predicted molar refractivity (Wildman–Crippen MR) is 76.2 cm³/mol. The Labute approximate surface area is 117 Å². The number of aliphatic hydroxyl groups is 1. The molecule has 1 N–H and O–H groups in total. The van der Waals surface area contributed by atoms with Crippen molar-refractivity contribution in [3.05, 3.63) is 33.5 Å². The third-order valence-electron chi connectivity index (χ3n) is 2.70. The molecule has 0 atom stereocenters. The minimum absolute atomic E-state index is 0.103. The monoisotopic (exact) mass is 275 g/mol. The summed E-state index contributed by atoms with van der Waals surface area (Å²) in [7, 11) is 0. The average molecular weight is 275 g/mol. The lowest BCUT2D eigenvalue weighted by molar-refractivity contribution is 0.350. The topological polar surface area (TPSA) is 50.9 Å². The largest absolute Gasteiger partial charge is 0.384 e. The summed E-state index contributed by atoms with van der Waals surface area (Å²) in [4.78, 5) is 5.69. The highest BCUT2D eigenvalue weighted by Gasteiger charge is 2.08. The highest BCUT2D eigenvalue weighted by molar-refractivity contribution is 7.10. The van der Waals surface area contributed by atoms with E-state index in [0.29, 0.717) is 0 Å². The van der Waals surface area contributed by atoms with E-state index in [2.05, 4.69) is 35.8 Å². The van der Waals surface area contributed by atoms with Crippen molar-refractivity contribution in [3.63, 3.8) is 0 Å². The van der Waals surface area contributed by atoms with Gasteiger partial charge in [-0.1, -0.05) is 25.7 Å². The van der Waals surface area contributed by atoms with Crippen molar-refractivity contribution in [2.24, 2.45) is 0 Å². The number of hydrogen-bond donors (Lipinski definition) is 1. The van der Waals surface area contributed by atoms with Crippen LogP contribution in [0.3, 0.4) is 0 Å². The Kier molecular flexibility index (Phi) is 4.72. The van der Waals surface area contributed by atoms with Crippen LogP contribution in [0.15, 0.2) is 11.4 Å². The highest BCUT2D eigenvalue weighted by Crippen LogP contribution is 2.16. The molecule has 2 heterocycles. The highest BCUT2D eigenvalue weighted by atomic mass is 32.1. The minimum atomic E-state index is -0.103. The zero-order valence-electron chi connectivity index (χ0n) is 11.2. The van der Waals surface area contributed by atoms with E-state index < -0.39 is 0 Å². The summed E-state index contributed by atoms with van der Waals surface area (Å²) in [6, 6.07) is 2.04. The van der Waals surface area contributed by atoms with E-state index in [1.807, 2.05) is 16.1 Å². The molecular weight excluding hydrogens is 258 g/mol. The number of aromatic nitrogens is 3. The summed E-state index contributed by atoms with van der Waals surface area (Å²) >= 11 is 1.66. The van der Waals surface area contributed by atoms with Gasteiger partial charge in [0, 0.05) is 28.7 Å². The number of hydrogen-bond acceptors (Lipinski definition) is 4. The molecule has 0 radical (unpaired) electrons. The van der Waals surface area contributed by atoms with E-state index >= 15 is 0 Å². The summed E-state index contributed by atoms with van der Waals surface area (Å²) in [5, 5.41) is 15.2. The average Bonchev–Trinajstić information content (AvgIpc) is 3.03. The van der Waals surface area contributed by atoms with Gasteiger partial charge in [0.05, 0.1) is 6.54 Å². The van der Waals surface area contributed by atoms with Gasteiger partial charge in [0.1, 0.15) is 12.4 Å². The second-order valence-corrected chi connectivity index (χ2v) is 5.07. The molecule has 0 fully saturated rings. The van der Waals surface area contributed by atoms with Crippen molar-refractivity contribution in [2.45, 2.75) is 33.2 Å². The quantitative estimate of drug-likeness (QED) is 0.867. The maximum absolute atomic E-state index is 8.68. The molecule has 5 heteroatoms. The van der Waals surface area contributed by atoms with Crippen LogP contribution in [0.25, 0.3) is 0 Å². The first-order chi connectivity index (χ1) is 9.26. The Morgan fingerprint density at radius 2 is 2.21 bits per heavy atom. The first-order valence-electron chi connectivity index (χ1n) is 6.36. The van der Waals surface area contributed by atoms with Gasteiger partial charge in [-0.15, -0.1) is 11.3 Å². The number of nitrogens with zero attached hydrogens (tertiary/aromatic N) is 3. The molecule has 0 saturated heterocycles. The smallest absolute Gasteiger partial charge is 0.150 e. The van der Waals surface area contributed by atoms with Gasteiger partial charge in [0.25, 0.3) is 0 Å². The molecule has 0 unspecified atom stereocenters. The van der Waals surface area contributed by atoms with Crippen molar-refractivity contribution < 1.29 is 5.11 Å². The van der Waals surface area contributed by atoms with Gasteiger partial charge in [0.2, 0.25) is 0 Å². The summed E-state index contributed by atoms with van der Waals surface area (Å²) in [5.41, 5.74) is 0.947. The summed E-state index contributed by atoms with van der Waals surface area (Å²) in [6.07, 6.45) is 1.74. The van der Waals surface area contributed by atoms with Crippen molar-refractivity contribution in [1.82, 2.24) is 14.8 Å². The zero-order chi connectivity index (χ0) is 13.7. The molecular formula is C14H17N3OS. The van der Waals surface area contributed by atoms with E-state index in [4.69, 9.17) is 5.11 Å². The maximum atomic E-state index is 8.68. The normalized spacial score (nSPS) is 10.3.